The number of thioether (sulfide) groups is 1. The molecule has 0 aliphatic carbocycles. The molecule has 9 heteroatoms. The van der Waals surface area contributed by atoms with E-state index >= 15 is 0 Å². The molecule has 0 bridgehead atoms. The van der Waals surface area contributed by atoms with E-state index in [2.05, 4.69) is 16.0 Å². The van der Waals surface area contributed by atoms with Crippen molar-refractivity contribution in [3.05, 3.63) is 125 Å². The summed E-state index contributed by atoms with van der Waals surface area (Å²) in [7, 11) is 1.57. The fraction of sp³-hybridized carbons (Fsp3) is 0.0938. The average molecular weight is 586 g/mol. The highest BCUT2D eigenvalue weighted by atomic mass is 35.5. The van der Waals surface area contributed by atoms with E-state index in [1.807, 2.05) is 25.1 Å². The van der Waals surface area contributed by atoms with Gasteiger partial charge in [0.25, 0.3) is 11.8 Å². The van der Waals surface area contributed by atoms with E-state index in [0.717, 1.165) is 4.90 Å². The number of hydrogen-bond donors (Lipinski definition) is 3. The van der Waals surface area contributed by atoms with Crippen molar-refractivity contribution in [3.63, 3.8) is 0 Å². The third-order valence-electron chi connectivity index (χ3n) is 5.86. The summed E-state index contributed by atoms with van der Waals surface area (Å²) in [4.78, 5) is 39.6. The Morgan fingerprint density at radius 2 is 1.41 bits per heavy atom. The molecule has 0 radical (unpaired) electrons. The molecule has 0 spiro atoms. The third-order valence-corrected chi connectivity index (χ3v) is 7.23. The molecule has 4 aromatic carbocycles. The fourth-order valence-electron chi connectivity index (χ4n) is 3.66. The first-order chi connectivity index (χ1) is 19.8. The van der Waals surface area contributed by atoms with Crippen LogP contribution in [-0.2, 0) is 9.59 Å². The van der Waals surface area contributed by atoms with Gasteiger partial charge in [-0.15, -0.1) is 11.8 Å². The van der Waals surface area contributed by atoms with Gasteiger partial charge in [-0.3, -0.25) is 14.4 Å². The Morgan fingerprint density at radius 3 is 2.05 bits per heavy atom. The summed E-state index contributed by atoms with van der Waals surface area (Å²) in [6.07, 6.45) is 1.60. The van der Waals surface area contributed by atoms with Crippen LogP contribution in [0.1, 0.15) is 22.8 Å². The predicted molar refractivity (Wildman–Crippen MR) is 165 cm³/mol. The molecule has 1 unspecified atom stereocenters. The highest BCUT2D eigenvalue weighted by molar-refractivity contribution is 8.00. The van der Waals surface area contributed by atoms with Gasteiger partial charge in [-0.25, -0.2) is 0 Å². The van der Waals surface area contributed by atoms with Gasteiger partial charge in [-0.05, 0) is 91.4 Å². The Balaban J connectivity index is 1.43. The summed E-state index contributed by atoms with van der Waals surface area (Å²) in [6.45, 7) is 1.82. The number of ether oxygens (including phenoxy) is 1. The molecule has 41 heavy (non-hydrogen) atoms. The lowest BCUT2D eigenvalue weighted by atomic mass is 10.1. The maximum atomic E-state index is 13.3. The zero-order chi connectivity index (χ0) is 29.2. The minimum absolute atomic E-state index is 0.0787. The quantitative estimate of drug-likeness (QED) is 0.139. The van der Waals surface area contributed by atoms with Crippen molar-refractivity contribution in [1.29, 1.82) is 0 Å². The van der Waals surface area contributed by atoms with Crippen LogP contribution in [0.4, 0.5) is 11.4 Å². The van der Waals surface area contributed by atoms with E-state index in [1.54, 1.807) is 98.1 Å². The van der Waals surface area contributed by atoms with E-state index in [9.17, 15) is 14.4 Å². The lowest BCUT2D eigenvalue weighted by Crippen LogP contribution is -2.30. The molecule has 0 saturated carbocycles. The monoisotopic (exact) mass is 585 g/mol. The van der Waals surface area contributed by atoms with Gasteiger partial charge in [0.2, 0.25) is 5.91 Å². The first kappa shape index (κ1) is 29.5. The van der Waals surface area contributed by atoms with Crippen LogP contribution in [-0.4, -0.2) is 30.1 Å². The summed E-state index contributed by atoms with van der Waals surface area (Å²) < 4.78 is 5.20. The number of anilines is 2. The summed E-state index contributed by atoms with van der Waals surface area (Å²) in [5.74, 6) is -0.354. The summed E-state index contributed by atoms with van der Waals surface area (Å²) in [6, 6.07) is 29.8. The molecule has 7 nitrogen and oxygen atoms in total. The van der Waals surface area contributed by atoms with Crippen molar-refractivity contribution < 1.29 is 19.1 Å². The minimum atomic E-state index is -0.485. The first-order valence-corrected chi connectivity index (χ1v) is 13.9. The zero-order valence-electron chi connectivity index (χ0n) is 22.4. The van der Waals surface area contributed by atoms with E-state index in [1.165, 1.54) is 11.8 Å². The fourth-order valence-corrected chi connectivity index (χ4v) is 4.65. The topological polar surface area (TPSA) is 96.5 Å². The van der Waals surface area contributed by atoms with Gasteiger partial charge in [0, 0.05) is 26.9 Å². The Labute approximate surface area is 248 Å². The van der Waals surface area contributed by atoms with E-state index in [4.69, 9.17) is 16.3 Å². The number of methoxy groups -OCH3 is 1. The third kappa shape index (κ3) is 8.73. The molecular formula is C32H28ClN3O4S. The molecule has 0 aliphatic rings. The van der Waals surface area contributed by atoms with E-state index in [0.29, 0.717) is 33.3 Å². The Morgan fingerprint density at radius 1 is 0.805 bits per heavy atom. The molecule has 0 saturated heterocycles. The van der Waals surface area contributed by atoms with E-state index < -0.39 is 11.8 Å². The molecule has 0 aromatic heterocycles. The van der Waals surface area contributed by atoms with Gasteiger partial charge >= 0.3 is 0 Å². The standard InChI is InChI=1S/C32H28ClN3O4S/c1-21(30(37)34-25-12-10-24(33)11-13-25)41-28-18-14-26(15-19-28)35-32(39)29(20-22-8-16-27(40-2)17-9-22)36-31(38)23-6-4-3-5-7-23/h3-21H,1-2H3,(H,34,37)(H,35,39)(H,36,38)/b29-20-. The number of rotatable bonds is 10. The molecule has 0 heterocycles. The predicted octanol–water partition coefficient (Wildman–Crippen LogP) is 6.88. The largest absolute Gasteiger partial charge is 0.497 e. The maximum Gasteiger partial charge on any atom is 0.272 e. The number of carbonyl (C=O) groups is 3. The zero-order valence-corrected chi connectivity index (χ0v) is 24.0. The normalized spacial score (nSPS) is 11.7. The van der Waals surface area contributed by atoms with Gasteiger partial charge in [0.15, 0.2) is 0 Å². The van der Waals surface area contributed by atoms with Gasteiger partial charge in [-0.1, -0.05) is 41.9 Å². The Bertz CT molecular complexity index is 1520. The van der Waals surface area contributed by atoms with Crippen LogP contribution in [0.25, 0.3) is 6.08 Å². The number of amides is 3. The van der Waals surface area contributed by atoms with Crippen molar-refractivity contribution in [3.8, 4) is 5.75 Å². The van der Waals surface area contributed by atoms with Crippen LogP contribution in [0.2, 0.25) is 5.02 Å². The summed E-state index contributed by atoms with van der Waals surface area (Å²) >= 11 is 7.29. The molecule has 208 valence electrons. The number of carbonyl (C=O) groups excluding carboxylic acids is 3. The van der Waals surface area contributed by atoms with Crippen LogP contribution >= 0.6 is 23.4 Å². The number of hydrogen-bond acceptors (Lipinski definition) is 5. The molecule has 0 aliphatic heterocycles. The lowest BCUT2D eigenvalue weighted by molar-refractivity contribution is -0.115. The molecule has 4 rings (SSSR count). The molecule has 3 N–H and O–H groups in total. The molecular weight excluding hydrogens is 558 g/mol. The van der Waals surface area contributed by atoms with Gasteiger partial charge in [-0.2, -0.15) is 0 Å². The smallest absolute Gasteiger partial charge is 0.272 e. The Hall–Kier alpha value is -4.53. The van der Waals surface area contributed by atoms with Crippen LogP contribution in [0.15, 0.2) is 114 Å². The Kier molecular flexibility index (Phi) is 10.2. The SMILES string of the molecule is COc1ccc(/C=C(\NC(=O)c2ccccc2)C(=O)Nc2ccc(SC(C)C(=O)Nc3ccc(Cl)cc3)cc2)cc1. The highest BCUT2D eigenvalue weighted by Crippen LogP contribution is 2.26. The van der Waals surface area contributed by atoms with Crippen molar-refractivity contribution >= 4 is 58.5 Å². The van der Waals surface area contributed by atoms with Crippen molar-refractivity contribution in [2.75, 3.05) is 17.7 Å². The van der Waals surface area contributed by atoms with Gasteiger partial charge < -0.3 is 20.7 Å². The van der Waals surface area contributed by atoms with Crippen LogP contribution in [0.3, 0.4) is 0 Å². The maximum absolute atomic E-state index is 13.3. The van der Waals surface area contributed by atoms with Crippen LogP contribution in [0, 0.1) is 0 Å². The highest BCUT2D eigenvalue weighted by Gasteiger charge is 2.17. The van der Waals surface area contributed by atoms with Crippen LogP contribution < -0.4 is 20.7 Å². The van der Waals surface area contributed by atoms with Gasteiger partial charge in [0.1, 0.15) is 11.4 Å². The van der Waals surface area contributed by atoms with Gasteiger partial charge in [0.05, 0.1) is 12.4 Å². The second-order valence-corrected chi connectivity index (χ2v) is 10.7. The lowest BCUT2D eigenvalue weighted by Gasteiger charge is -2.14. The number of benzene rings is 4. The van der Waals surface area contributed by atoms with Crippen molar-refractivity contribution in [1.82, 2.24) is 5.32 Å². The minimum Gasteiger partial charge on any atom is -0.497 e. The molecule has 0 fully saturated rings. The van der Waals surface area contributed by atoms with Crippen molar-refractivity contribution in [2.45, 2.75) is 17.1 Å². The summed E-state index contributed by atoms with van der Waals surface area (Å²) in [5, 5.41) is 8.67. The second-order valence-electron chi connectivity index (χ2n) is 8.89. The van der Waals surface area contributed by atoms with Crippen molar-refractivity contribution in [2.24, 2.45) is 0 Å². The molecule has 3 amide bonds. The average Bonchev–Trinajstić information content (AvgIpc) is 2.99. The molecule has 1 atom stereocenters. The molecule has 4 aromatic rings. The summed E-state index contributed by atoms with van der Waals surface area (Å²) in [5.41, 5.74) is 2.42. The number of nitrogens with one attached hydrogen (secondary N) is 3. The van der Waals surface area contributed by atoms with E-state index in [-0.39, 0.29) is 16.9 Å². The van der Waals surface area contributed by atoms with Crippen LogP contribution in [0.5, 0.6) is 5.75 Å². The number of halogens is 1. The first-order valence-electron chi connectivity index (χ1n) is 12.7. The second kappa shape index (κ2) is 14.2.